The molecule has 0 spiro atoms. The zero-order valence-corrected chi connectivity index (χ0v) is 16.5. The van der Waals surface area contributed by atoms with E-state index < -0.39 is 10.0 Å². The maximum Gasteiger partial charge on any atom is 0.251 e. The van der Waals surface area contributed by atoms with E-state index in [2.05, 4.69) is 12.2 Å². The Morgan fingerprint density at radius 1 is 1.20 bits per heavy atom. The molecule has 1 fully saturated rings. The SMILES string of the molecule is CCN(CC)S(=O)(=O)c1cc(C(=O)N[C@@H]2CCCC[C@H]2C)ccc1C. The fraction of sp³-hybridized carbons (Fsp3) is 0.632. The molecule has 6 heteroatoms. The zero-order valence-electron chi connectivity index (χ0n) is 15.7. The summed E-state index contributed by atoms with van der Waals surface area (Å²) in [7, 11) is -3.58. The van der Waals surface area contributed by atoms with Gasteiger partial charge in [-0.25, -0.2) is 8.42 Å². The molecular formula is C19H30N2O3S. The van der Waals surface area contributed by atoms with Gasteiger partial charge in [-0.15, -0.1) is 0 Å². The van der Waals surface area contributed by atoms with Crippen molar-refractivity contribution < 1.29 is 13.2 Å². The molecule has 0 aliphatic heterocycles. The predicted octanol–water partition coefficient (Wildman–Crippen LogP) is 3.33. The summed E-state index contributed by atoms with van der Waals surface area (Å²) in [5.74, 6) is 0.275. The van der Waals surface area contributed by atoms with E-state index in [1.807, 2.05) is 13.8 Å². The molecule has 1 amide bonds. The van der Waals surface area contributed by atoms with Gasteiger partial charge in [0, 0.05) is 24.7 Å². The van der Waals surface area contributed by atoms with Crippen LogP contribution in [0.2, 0.25) is 0 Å². The Morgan fingerprint density at radius 3 is 2.44 bits per heavy atom. The van der Waals surface area contributed by atoms with Crippen LogP contribution in [0, 0.1) is 12.8 Å². The Kier molecular flexibility index (Phi) is 6.63. The van der Waals surface area contributed by atoms with Gasteiger partial charge in [-0.1, -0.05) is 39.7 Å². The highest BCUT2D eigenvalue weighted by atomic mass is 32.2. The molecule has 0 heterocycles. The summed E-state index contributed by atoms with van der Waals surface area (Å²) >= 11 is 0. The second kappa shape index (κ2) is 8.32. The fourth-order valence-corrected chi connectivity index (χ4v) is 5.21. The minimum atomic E-state index is -3.58. The minimum Gasteiger partial charge on any atom is -0.349 e. The Balaban J connectivity index is 2.27. The van der Waals surface area contributed by atoms with Crippen LogP contribution in [0.5, 0.6) is 0 Å². The molecule has 1 aromatic rings. The number of carbonyl (C=O) groups is 1. The normalized spacial score (nSPS) is 21.3. The Morgan fingerprint density at radius 2 is 1.84 bits per heavy atom. The van der Waals surface area contributed by atoms with E-state index in [9.17, 15) is 13.2 Å². The van der Waals surface area contributed by atoms with E-state index in [1.165, 1.54) is 16.8 Å². The Hall–Kier alpha value is -1.40. The van der Waals surface area contributed by atoms with Crippen molar-refractivity contribution in [3.8, 4) is 0 Å². The van der Waals surface area contributed by atoms with Crippen LogP contribution < -0.4 is 5.32 Å². The molecule has 0 saturated heterocycles. The summed E-state index contributed by atoms with van der Waals surface area (Å²) in [5.41, 5.74) is 1.07. The lowest BCUT2D eigenvalue weighted by Gasteiger charge is -2.29. The van der Waals surface area contributed by atoms with Crippen LogP contribution in [0.3, 0.4) is 0 Å². The number of rotatable bonds is 6. The number of benzene rings is 1. The third-order valence-corrected chi connectivity index (χ3v) is 7.39. The number of carbonyl (C=O) groups excluding carboxylic acids is 1. The zero-order chi connectivity index (χ0) is 18.6. The van der Waals surface area contributed by atoms with Gasteiger partial charge in [0.25, 0.3) is 5.91 Å². The highest BCUT2D eigenvalue weighted by Crippen LogP contribution is 2.25. The van der Waals surface area contributed by atoms with Crippen molar-refractivity contribution >= 4 is 15.9 Å². The fourth-order valence-electron chi connectivity index (χ4n) is 3.50. The Bertz CT molecular complexity index is 711. The molecule has 0 radical (unpaired) electrons. The van der Waals surface area contributed by atoms with Gasteiger partial charge in [-0.05, 0) is 43.4 Å². The van der Waals surface area contributed by atoms with Crippen molar-refractivity contribution in [2.24, 2.45) is 5.92 Å². The van der Waals surface area contributed by atoms with Crippen LogP contribution in [-0.4, -0.2) is 37.8 Å². The van der Waals surface area contributed by atoms with Crippen LogP contribution in [0.4, 0.5) is 0 Å². The summed E-state index contributed by atoms with van der Waals surface area (Å²) in [6, 6.07) is 5.12. The summed E-state index contributed by atoms with van der Waals surface area (Å²) in [6.07, 6.45) is 4.46. The number of amides is 1. The highest BCUT2D eigenvalue weighted by molar-refractivity contribution is 7.89. The quantitative estimate of drug-likeness (QED) is 0.840. The molecule has 2 atom stereocenters. The van der Waals surface area contributed by atoms with Crippen molar-refractivity contribution in [2.75, 3.05) is 13.1 Å². The summed E-state index contributed by atoms with van der Waals surface area (Å²) < 4.78 is 27.1. The van der Waals surface area contributed by atoms with E-state index in [0.717, 1.165) is 19.3 Å². The molecule has 2 rings (SSSR count). The molecule has 0 unspecified atom stereocenters. The molecule has 0 bridgehead atoms. The maximum absolute atomic E-state index is 12.8. The first kappa shape index (κ1) is 19.9. The monoisotopic (exact) mass is 366 g/mol. The van der Waals surface area contributed by atoms with Crippen LogP contribution in [-0.2, 0) is 10.0 Å². The number of nitrogens with one attached hydrogen (secondary N) is 1. The van der Waals surface area contributed by atoms with Gasteiger partial charge in [0.1, 0.15) is 0 Å². The number of aryl methyl sites for hydroxylation is 1. The molecule has 1 N–H and O–H groups in total. The van der Waals surface area contributed by atoms with E-state index >= 15 is 0 Å². The summed E-state index contributed by atoms with van der Waals surface area (Å²) in [4.78, 5) is 12.9. The van der Waals surface area contributed by atoms with Gasteiger partial charge in [-0.2, -0.15) is 4.31 Å². The van der Waals surface area contributed by atoms with Crippen molar-refractivity contribution in [3.05, 3.63) is 29.3 Å². The van der Waals surface area contributed by atoms with Gasteiger partial charge < -0.3 is 5.32 Å². The largest absolute Gasteiger partial charge is 0.349 e. The summed E-state index contributed by atoms with van der Waals surface area (Å²) in [5, 5.41) is 3.09. The molecule has 5 nitrogen and oxygen atoms in total. The number of hydrogen-bond acceptors (Lipinski definition) is 3. The maximum atomic E-state index is 12.8. The van der Waals surface area contributed by atoms with Crippen LogP contribution in [0.1, 0.15) is 62.4 Å². The second-order valence-electron chi connectivity index (χ2n) is 6.91. The standard InChI is InChI=1S/C19H30N2O3S/c1-5-21(6-2)25(23,24)18-13-16(12-11-15(18)4)19(22)20-17-10-8-7-9-14(17)3/h11-14,17H,5-10H2,1-4H3,(H,20,22)/t14-,17-/m1/s1. The lowest BCUT2D eigenvalue weighted by Crippen LogP contribution is -2.41. The second-order valence-corrected chi connectivity index (χ2v) is 8.82. The van der Waals surface area contributed by atoms with Gasteiger partial charge in [0.15, 0.2) is 0 Å². The Labute approximate surface area is 151 Å². The third-order valence-electron chi connectivity index (χ3n) is 5.20. The first-order valence-electron chi connectivity index (χ1n) is 9.22. The highest BCUT2D eigenvalue weighted by Gasteiger charge is 2.26. The lowest BCUT2D eigenvalue weighted by molar-refractivity contribution is 0.0910. The van der Waals surface area contributed by atoms with Crippen molar-refractivity contribution in [3.63, 3.8) is 0 Å². The summed E-state index contributed by atoms with van der Waals surface area (Å²) in [6.45, 7) is 8.38. The lowest BCUT2D eigenvalue weighted by atomic mass is 9.86. The van der Waals surface area contributed by atoms with E-state index in [0.29, 0.717) is 30.1 Å². The third kappa shape index (κ3) is 4.42. The topological polar surface area (TPSA) is 66.5 Å². The molecular weight excluding hydrogens is 336 g/mol. The van der Waals surface area contributed by atoms with E-state index in [1.54, 1.807) is 19.1 Å². The first-order chi connectivity index (χ1) is 11.8. The van der Waals surface area contributed by atoms with Crippen molar-refractivity contribution in [1.82, 2.24) is 9.62 Å². The molecule has 140 valence electrons. The number of hydrogen-bond donors (Lipinski definition) is 1. The average molecular weight is 367 g/mol. The smallest absolute Gasteiger partial charge is 0.251 e. The molecule has 25 heavy (non-hydrogen) atoms. The average Bonchev–Trinajstić information content (AvgIpc) is 2.58. The predicted molar refractivity (Wildman–Crippen MR) is 100 cm³/mol. The van der Waals surface area contributed by atoms with Crippen LogP contribution in [0.15, 0.2) is 23.1 Å². The first-order valence-corrected chi connectivity index (χ1v) is 10.7. The van der Waals surface area contributed by atoms with Gasteiger partial charge in [0.2, 0.25) is 10.0 Å². The van der Waals surface area contributed by atoms with E-state index in [-0.39, 0.29) is 16.8 Å². The molecule has 1 saturated carbocycles. The van der Waals surface area contributed by atoms with Crippen LogP contribution in [0.25, 0.3) is 0 Å². The number of sulfonamides is 1. The molecule has 1 aliphatic rings. The van der Waals surface area contributed by atoms with E-state index in [4.69, 9.17) is 0 Å². The van der Waals surface area contributed by atoms with Crippen LogP contribution >= 0.6 is 0 Å². The van der Waals surface area contributed by atoms with Crippen molar-refractivity contribution in [2.45, 2.75) is 64.3 Å². The number of nitrogens with zero attached hydrogens (tertiary/aromatic N) is 1. The van der Waals surface area contributed by atoms with Gasteiger partial charge in [-0.3, -0.25) is 4.79 Å². The molecule has 1 aliphatic carbocycles. The molecule has 1 aromatic carbocycles. The van der Waals surface area contributed by atoms with Crippen molar-refractivity contribution in [1.29, 1.82) is 0 Å². The molecule has 0 aromatic heterocycles. The minimum absolute atomic E-state index is 0.172. The van der Waals surface area contributed by atoms with Gasteiger partial charge in [0.05, 0.1) is 4.90 Å². The van der Waals surface area contributed by atoms with Gasteiger partial charge >= 0.3 is 0 Å².